The first-order valence-electron chi connectivity index (χ1n) is 13.7. The molecule has 0 radical (unpaired) electrons. The second-order valence-electron chi connectivity index (χ2n) is 9.26. The van der Waals surface area contributed by atoms with E-state index in [9.17, 15) is 0 Å². The highest BCUT2D eigenvalue weighted by atomic mass is 28.3. The Hall–Kier alpha value is -2.97. The standard InChI is InChI=1S/C30H38O6Si4/c37-28-17-16-27(34-38-31-21-18-24-10-4-1-5-11-24)29(35-39-32-22-19-25-12-6-2-7-13-25)30(28)36-40-33-23-20-26-14-8-3-9-15-26/h1-17H,18-23,38-40H2,37H3. The summed E-state index contributed by atoms with van der Waals surface area (Å²) in [5.41, 5.74) is 3.77. The molecule has 0 aliphatic heterocycles. The van der Waals surface area contributed by atoms with E-state index in [1.807, 2.05) is 60.7 Å². The predicted molar refractivity (Wildman–Crippen MR) is 172 cm³/mol. The Balaban J connectivity index is 1.30. The van der Waals surface area contributed by atoms with E-state index >= 15 is 0 Å². The summed E-state index contributed by atoms with van der Waals surface area (Å²) in [5.74, 6) is 2.05. The van der Waals surface area contributed by atoms with Crippen LogP contribution in [-0.2, 0) is 32.5 Å². The van der Waals surface area contributed by atoms with E-state index in [4.69, 9.17) is 26.6 Å². The van der Waals surface area contributed by atoms with Crippen molar-refractivity contribution in [3.63, 3.8) is 0 Å². The number of hydrogen-bond donors (Lipinski definition) is 0. The van der Waals surface area contributed by atoms with Crippen LogP contribution in [0, 0.1) is 0 Å². The summed E-state index contributed by atoms with van der Waals surface area (Å²) >= 11 is 0. The topological polar surface area (TPSA) is 55.4 Å². The maximum absolute atomic E-state index is 6.26. The minimum Gasteiger partial charge on any atom is -0.522 e. The minimum atomic E-state index is -1.29. The normalized spacial score (nSPS) is 11.8. The monoisotopic (exact) mass is 606 g/mol. The Kier molecular flexibility index (Phi) is 13.2. The lowest BCUT2D eigenvalue weighted by molar-refractivity contribution is 0.274. The fraction of sp³-hybridized carbons (Fsp3) is 0.200. The van der Waals surface area contributed by atoms with Gasteiger partial charge in [-0.15, -0.1) is 0 Å². The summed E-state index contributed by atoms with van der Waals surface area (Å²) < 4.78 is 36.5. The van der Waals surface area contributed by atoms with E-state index in [1.54, 1.807) is 0 Å². The van der Waals surface area contributed by atoms with Gasteiger partial charge in [0.2, 0.25) is 0 Å². The first-order chi connectivity index (χ1) is 19.8. The summed E-state index contributed by atoms with van der Waals surface area (Å²) in [7, 11) is -2.97. The molecule has 4 rings (SSSR count). The van der Waals surface area contributed by atoms with Crippen molar-refractivity contribution in [1.82, 2.24) is 0 Å². The number of rotatable bonds is 18. The first kappa shape index (κ1) is 30.0. The van der Waals surface area contributed by atoms with Crippen LogP contribution in [0.5, 0.6) is 17.2 Å². The molecule has 210 valence electrons. The molecule has 0 saturated carbocycles. The average molecular weight is 607 g/mol. The van der Waals surface area contributed by atoms with Crippen molar-refractivity contribution >= 4 is 45.4 Å². The van der Waals surface area contributed by atoms with E-state index in [0.717, 1.165) is 40.4 Å². The van der Waals surface area contributed by atoms with E-state index in [1.165, 1.54) is 16.7 Å². The lowest BCUT2D eigenvalue weighted by Crippen LogP contribution is -2.20. The fourth-order valence-electron chi connectivity index (χ4n) is 4.06. The van der Waals surface area contributed by atoms with Gasteiger partial charge in [0.05, 0.1) is 0 Å². The molecule has 40 heavy (non-hydrogen) atoms. The van der Waals surface area contributed by atoms with Crippen molar-refractivity contribution in [3.05, 3.63) is 120 Å². The number of benzene rings is 4. The van der Waals surface area contributed by atoms with Crippen molar-refractivity contribution < 1.29 is 26.6 Å². The lowest BCUT2D eigenvalue weighted by atomic mass is 10.2. The lowest BCUT2D eigenvalue weighted by Gasteiger charge is -2.20. The Morgan fingerprint density at radius 3 is 1.30 bits per heavy atom. The van der Waals surface area contributed by atoms with Gasteiger partial charge in [-0.05, 0) is 47.2 Å². The Morgan fingerprint density at radius 2 is 0.850 bits per heavy atom. The molecule has 4 aromatic carbocycles. The summed E-state index contributed by atoms with van der Waals surface area (Å²) in [4.78, 5) is 0. The molecule has 0 aliphatic carbocycles. The molecule has 0 heterocycles. The minimum absolute atomic E-state index is 0.623. The third-order valence-corrected chi connectivity index (χ3v) is 9.67. The van der Waals surface area contributed by atoms with Gasteiger partial charge >= 0.3 is 30.0 Å². The molecule has 10 heteroatoms. The van der Waals surface area contributed by atoms with E-state index < -0.39 is 30.0 Å². The van der Waals surface area contributed by atoms with Crippen molar-refractivity contribution in [3.8, 4) is 17.2 Å². The van der Waals surface area contributed by atoms with Gasteiger partial charge in [-0.1, -0.05) is 97.1 Å². The Bertz CT molecular complexity index is 1250. The first-order valence-corrected chi connectivity index (χ1v) is 18.1. The highest BCUT2D eigenvalue weighted by molar-refractivity contribution is 6.36. The van der Waals surface area contributed by atoms with Crippen molar-refractivity contribution in [2.75, 3.05) is 19.8 Å². The summed E-state index contributed by atoms with van der Waals surface area (Å²) in [5, 5.41) is 1.12. The Labute approximate surface area is 247 Å². The molecular weight excluding hydrogens is 569 g/mol. The molecule has 0 fully saturated rings. The maximum Gasteiger partial charge on any atom is 0.366 e. The van der Waals surface area contributed by atoms with Crippen LogP contribution in [0.15, 0.2) is 103 Å². The highest BCUT2D eigenvalue weighted by Gasteiger charge is 2.16. The predicted octanol–water partition coefficient (Wildman–Crippen LogP) is 1.59. The van der Waals surface area contributed by atoms with Crippen molar-refractivity contribution in [2.45, 2.75) is 19.3 Å². The van der Waals surface area contributed by atoms with Crippen LogP contribution in [0.3, 0.4) is 0 Å². The zero-order valence-corrected chi connectivity index (χ0v) is 29.4. The molecule has 0 saturated heterocycles. The van der Waals surface area contributed by atoms with Gasteiger partial charge in [0.25, 0.3) is 0 Å². The molecule has 0 amide bonds. The summed E-state index contributed by atoms with van der Waals surface area (Å²) in [6.45, 7) is 1.89. The van der Waals surface area contributed by atoms with Crippen LogP contribution in [0.2, 0.25) is 0 Å². The van der Waals surface area contributed by atoms with Crippen LogP contribution < -0.4 is 18.5 Å². The molecule has 0 bridgehead atoms. The summed E-state index contributed by atoms with van der Waals surface area (Å²) in [6, 6.07) is 35.0. The number of hydrogen-bond acceptors (Lipinski definition) is 6. The van der Waals surface area contributed by atoms with Crippen LogP contribution in [-0.4, -0.2) is 60.1 Å². The van der Waals surface area contributed by atoms with Crippen molar-refractivity contribution in [2.24, 2.45) is 0 Å². The Morgan fingerprint density at radius 1 is 0.450 bits per heavy atom. The van der Waals surface area contributed by atoms with Gasteiger partial charge < -0.3 is 26.6 Å². The second kappa shape index (κ2) is 17.7. The second-order valence-corrected chi connectivity index (χ2v) is 13.1. The summed E-state index contributed by atoms with van der Waals surface area (Å²) in [6.07, 6.45) is 2.59. The van der Waals surface area contributed by atoms with Gasteiger partial charge in [-0.3, -0.25) is 0 Å². The van der Waals surface area contributed by atoms with E-state index in [2.05, 4.69) is 42.5 Å². The fourth-order valence-corrected chi connectivity index (χ4v) is 7.15. The maximum atomic E-state index is 6.26. The molecule has 0 aliphatic rings. The zero-order valence-electron chi connectivity index (χ0n) is 23.1. The molecular formula is C30H38O6Si4. The molecule has 0 aromatic heterocycles. The third kappa shape index (κ3) is 10.5. The van der Waals surface area contributed by atoms with Gasteiger partial charge in [-0.25, -0.2) is 0 Å². The average Bonchev–Trinajstić information content (AvgIpc) is 3.00. The van der Waals surface area contributed by atoms with Gasteiger partial charge in [0.1, 0.15) is 11.5 Å². The zero-order chi connectivity index (χ0) is 27.7. The van der Waals surface area contributed by atoms with Gasteiger partial charge in [-0.2, -0.15) is 0 Å². The van der Waals surface area contributed by atoms with Crippen LogP contribution in [0.1, 0.15) is 16.7 Å². The van der Waals surface area contributed by atoms with Crippen LogP contribution in [0.25, 0.3) is 0 Å². The molecule has 6 nitrogen and oxygen atoms in total. The highest BCUT2D eigenvalue weighted by Crippen LogP contribution is 2.35. The SMILES string of the molecule is [SiH3]c1ccc(O[SiH2]OCCc2ccccc2)c(O[SiH2]OCCc2ccccc2)c1O[SiH2]OCCc1ccccc1. The third-order valence-electron chi connectivity index (χ3n) is 6.28. The molecule has 0 atom stereocenters. The van der Waals surface area contributed by atoms with E-state index in [-0.39, 0.29) is 0 Å². The molecule has 4 aromatic rings. The van der Waals surface area contributed by atoms with Gasteiger partial charge in [0.15, 0.2) is 5.75 Å². The van der Waals surface area contributed by atoms with Crippen LogP contribution in [0.4, 0.5) is 0 Å². The molecule has 0 spiro atoms. The van der Waals surface area contributed by atoms with Gasteiger partial charge in [0, 0.05) is 30.1 Å². The van der Waals surface area contributed by atoms with Crippen molar-refractivity contribution in [1.29, 1.82) is 0 Å². The molecule has 0 unspecified atom stereocenters. The smallest absolute Gasteiger partial charge is 0.366 e. The molecule has 0 N–H and O–H groups in total. The van der Waals surface area contributed by atoms with Crippen LogP contribution >= 0.6 is 0 Å². The van der Waals surface area contributed by atoms with E-state index in [0.29, 0.717) is 31.3 Å². The quantitative estimate of drug-likeness (QED) is 0.127. The largest absolute Gasteiger partial charge is 0.522 e.